The van der Waals surface area contributed by atoms with E-state index in [-0.39, 0.29) is 0 Å². The molecule has 2 aliphatic rings. The fraction of sp³-hybridized carbons (Fsp3) is 0.412. The van der Waals surface area contributed by atoms with Crippen molar-refractivity contribution in [1.29, 1.82) is 0 Å². The van der Waals surface area contributed by atoms with Gasteiger partial charge in [0.15, 0.2) is 0 Å². The van der Waals surface area contributed by atoms with Gasteiger partial charge in [-0.15, -0.1) is 0 Å². The summed E-state index contributed by atoms with van der Waals surface area (Å²) in [6.45, 7) is 1.10. The number of fused-ring (bicyclic) bond motifs is 1. The summed E-state index contributed by atoms with van der Waals surface area (Å²) in [6.07, 6.45) is 5.16. The van der Waals surface area contributed by atoms with Crippen molar-refractivity contribution < 1.29 is 0 Å². The Labute approximate surface area is 124 Å². The van der Waals surface area contributed by atoms with E-state index in [1.807, 2.05) is 0 Å². The molecule has 4 rings (SSSR count). The SMILES string of the molecule is Nc1ccc2c(c1)CCC2N(Cc1ccsc1)C1CC1. The van der Waals surface area contributed by atoms with Crippen LogP contribution in [0, 0.1) is 0 Å². The van der Waals surface area contributed by atoms with Crippen LogP contribution in [0.25, 0.3) is 0 Å². The van der Waals surface area contributed by atoms with E-state index in [2.05, 4.69) is 39.9 Å². The Balaban J connectivity index is 1.62. The van der Waals surface area contributed by atoms with Gasteiger partial charge in [-0.3, -0.25) is 4.90 Å². The summed E-state index contributed by atoms with van der Waals surface area (Å²) in [7, 11) is 0. The van der Waals surface area contributed by atoms with Crippen molar-refractivity contribution in [3.05, 3.63) is 51.7 Å². The molecule has 2 aliphatic carbocycles. The van der Waals surface area contributed by atoms with Gasteiger partial charge in [0.2, 0.25) is 0 Å². The molecule has 2 N–H and O–H groups in total. The second-order valence-electron chi connectivity index (χ2n) is 6.05. The van der Waals surface area contributed by atoms with E-state index in [4.69, 9.17) is 5.73 Å². The van der Waals surface area contributed by atoms with Gasteiger partial charge >= 0.3 is 0 Å². The highest BCUT2D eigenvalue weighted by Crippen LogP contribution is 2.43. The lowest BCUT2D eigenvalue weighted by atomic mass is 10.1. The number of hydrogen-bond donors (Lipinski definition) is 1. The fourth-order valence-corrected chi connectivity index (χ4v) is 4.11. The number of rotatable bonds is 4. The van der Waals surface area contributed by atoms with Crippen molar-refractivity contribution in [1.82, 2.24) is 4.90 Å². The van der Waals surface area contributed by atoms with Crippen LogP contribution in [0.2, 0.25) is 0 Å². The van der Waals surface area contributed by atoms with E-state index >= 15 is 0 Å². The van der Waals surface area contributed by atoms with Gasteiger partial charge in [0.05, 0.1) is 0 Å². The monoisotopic (exact) mass is 284 g/mol. The lowest BCUT2D eigenvalue weighted by Gasteiger charge is -2.29. The van der Waals surface area contributed by atoms with Gasteiger partial charge in [-0.1, -0.05) is 6.07 Å². The van der Waals surface area contributed by atoms with Crippen LogP contribution in [-0.2, 0) is 13.0 Å². The van der Waals surface area contributed by atoms with Crippen LogP contribution in [0.5, 0.6) is 0 Å². The third-order valence-electron chi connectivity index (χ3n) is 4.57. The highest BCUT2D eigenvalue weighted by molar-refractivity contribution is 7.07. The third-order valence-corrected chi connectivity index (χ3v) is 5.31. The zero-order chi connectivity index (χ0) is 13.5. The van der Waals surface area contributed by atoms with E-state index in [0.29, 0.717) is 6.04 Å². The third kappa shape index (κ3) is 2.25. The maximum Gasteiger partial charge on any atom is 0.0360 e. The molecule has 0 aliphatic heterocycles. The number of hydrogen-bond acceptors (Lipinski definition) is 3. The summed E-state index contributed by atoms with van der Waals surface area (Å²) in [5, 5.41) is 4.47. The highest BCUT2D eigenvalue weighted by atomic mass is 32.1. The van der Waals surface area contributed by atoms with Crippen molar-refractivity contribution in [3.8, 4) is 0 Å². The molecule has 0 radical (unpaired) electrons. The minimum atomic E-state index is 0.595. The molecular formula is C17H20N2S. The van der Waals surface area contributed by atoms with Gasteiger partial charge in [0, 0.05) is 24.3 Å². The Morgan fingerprint density at radius 1 is 1.20 bits per heavy atom. The Bertz CT molecular complexity index is 601. The second kappa shape index (κ2) is 4.90. The molecule has 0 bridgehead atoms. The van der Waals surface area contributed by atoms with Crippen LogP contribution >= 0.6 is 11.3 Å². The first-order valence-corrected chi connectivity index (χ1v) is 8.40. The van der Waals surface area contributed by atoms with E-state index in [1.165, 1.54) is 42.4 Å². The van der Waals surface area contributed by atoms with Gasteiger partial charge in [-0.25, -0.2) is 0 Å². The van der Waals surface area contributed by atoms with Crippen molar-refractivity contribution in [2.24, 2.45) is 0 Å². The Hall–Kier alpha value is -1.32. The number of anilines is 1. The molecule has 0 amide bonds. The van der Waals surface area contributed by atoms with Crippen LogP contribution in [-0.4, -0.2) is 10.9 Å². The first-order chi connectivity index (χ1) is 9.81. The summed E-state index contributed by atoms with van der Waals surface area (Å²) >= 11 is 1.80. The molecule has 1 aromatic heterocycles. The molecular weight excluding hydrogens is 264 g/mol. The first kappa shape index (κ1) is 12.4. The zero-order valence-corrected chi connectivity index (χ0v) is 12.4. The summed E-state index contributed by atoms with van der Waals surface area (Å²) in [5.74, 6) is 0. The molecule has 1 heterocycles. The number of thiophene rings is 1. The van der Waals surface area contributed by atoms with E-state index in [0.717, 1.165) is 18.3 Å². The maximum absolute atomic E-state index is 5.92. The molecule has 1 aromatic carbocycles. The topological polar surface area (TPSA) is 29.3 Å². The molecule has 20 heavy (non-hydrogen) atoms. The molecule has 0 spiro atoms. The lowest BCUT2D eigenvalue weighted by Crippen LogP contribution is -2.29. The number of nitrogen functional groups attached to an aromatic ring is 1. The zero-order valence-electron chi connectivity index (χ0n) is 11.6. The van der Waals surface area contributed by atoms with E-state index < -0.39 is 0 Å². The molecule has 0 saturated heterocycles. The van der Waals surface area contributed by atoms with Crippen LogP contribution in [0.15, 0.2) is 35.0 Å². The largest absolute Gasteiger partial charge is 0.399 e. The first-order valence-electron chi connectivity index (χ1n) is 7.46. The fourth-order valence-electron chi connectivity index (χ4n) is 3.45. The number of nitrogens with two attached hydrogens (primary N) is 1. The van der Waals surface area contributed by atoms with Gasteiger partial charge in [0.1, 0.15) is 0 Å². The van der Waals surface area contributed by atoms with Crippen molar-refractivity contribution in [3.63, 3.8) is 0 Å². The minimum absolute atomic E-state index is 0.595. The van der Waals surface area contributed by atoms with Gasteiger partial charge < -0.3 is 5.73 Å². The van der Waals surface area contributed by atoms with Crippen LogP contribution in [0.3, 0.4) is 0 Å². The Morgan fingerprint density at radius 3 is 2.85 bits per heavy atom. The predicted molar refractivity (Wildman–Crippen MR) is 84.8 cm³/mol. The quantitative estimate of drug-likeness (QED) is 0.860. The van der Waals surface area contributed by atoms with Gasteiger partial charge in [0.25, 0.3) is 0 Å². The average Bonchev–Trinajstić information content (AvgIpc) is 3.00. The molecule has 1 unspecified atom stereocenters. The Kier molecular flexibility index (Phi) is 3.04. The normalized spacial score (nSPS) is 21.4. The lowest BCUT2D eigenvalue weighted by molar-refractivity contribution is 0.177. The highest BCUT2D eigenvalue weighted by Gasteiger charge is 2.37. The van der Waals surface area contributed by atoms with Crippen LogP contribution < -0.4 is 5.73 Å². The summed E-state index contributed by atoms with van der Waals surface area (Å²) < 4.78 is 0. The standard InChI is InChI=1S/C17H20N2S/c18-14-2-5-16-13(9-14)1-6-17(16)19(15-3-4-15)10-12-7-8-20-11-12/h2,5,7-9,11,15,17H,1,3-4,6,10,18H2. The van der Waals surface area contributed by atoms with Crippen LogP contribution in [0.1, 0.15) is 42.0 Å². The number of nitrogens with zero attached hydrogens (tertiary/aromatic N) is 1. The maximum atomic E-state index is 5.92. The van der Waals surface area contributed by atoms with Crippen molar-refractivity contribution in [2.45, 2.75) is 44.3 Å². The summed E-state index contributed by atoms with van der Waals surface area (Å²) in [4.78, 5) is 2.73. The second-order valence-corrected chi connectivity index (χ2v) is 6.83. The molecule has 104 valence electrons. The van der Waals surface area contributed by atoms with Crippen molar-refractivity contribution >= 4 is 17.0 Å². The molecule has 2 aromatic rings. The number of aryl methyl sites for hydroxylation is 1. The average molecular weight is 284 g/mol. The van der Waals surface area contributed by atoms with Gasteiger partial charge in [-0.05, 0) is 71.3 Å². The molecule has 2 nitrogen and oxygen atoms in total. The summed E-state index contributed by atoms with van der Waals surface area (Å²) in [6, 6.07) is 10.1. The number of benzene rings is 1. The van der Waals surface area contributed by atoms with Crippen LogP contribution in [0.4, 0.5) is 5.69 Å². The molecule has 3 heteroatoms. The minimum Gasteiger partial charge on any atom is -0.399 e. The van der Waals surface area contributed by atoms with Crippen molar-refractivity contribution in [2.75, 3.05) is 5.73 Å². The van der Waals surface area contributed by atoms with Gasteiger partial charge in [-0.2, -0.15) is 11.3 Å². The molecule has 1 fully saturated rings. The Morgan fingerprint density at radius 2 is 2.10 bits per heavy atom. The molecule has 1 atom stereocenters. The van der Waals surface area contributed by atoms with E-state index in [9.17, 15) is 0 Å². The predicted octanol–water partition coefficient (Wildman–Crippen LogP) is 3.98. The summed E-state index contributed by atoms with van der Waals surface area (Å²) in [5.41, 5.74) is 11.3. The van der Waals surface area contributed by atoms with E-state index in [1.54, 1.807) is 11.3 Å². The smallest absolute Gasteiger partial charge is 0.0360 e. The molecule has 1 saturated carbocycles.